The van der Waals surface area contributed by atoms with E-state index in [0.29, 0.717) is 12.5 Å². The van der Waals surface area contributed by atoms with Gasteiger partial charge in [-0.2, -0.15) is 5.10 Å². The summed E-state index contributed by atoms with van der Waals surface area (Å²) in [5, 5.41) is 4.37. The molecule has 0 saturated carbocycles. The zero-order valence-corrected chi connectivity index (χ0v) is 14.3. The van der Waals surface area contributed by atoms with E-state index in [4.69, 9.17) is 10.5 Å². The van der Waals surface area contributed by atoms with E-state index >= 15 is 0 Å². The maximum atomic E-state index is 6.35. The van der Waals surface area contributed by atoms with E-state index in [1.807, 2.05) is 10.9 Å². The van der Waals surface area contributed by atoms with Gasteiger partial charge in [-0.15, -0.1) is 12.4 Å². The van der Waals surface area contributed by atoms with Crippen molar-refractivity contribution in [2.24, 2.45) is 5.73 Å². The first kappa shape index (κ1) is 17.9. The van der Waals surface area contributed by atoms with Crippen molar-refractivity contribution < 1.29 is 4.74 Å². The van der Waals surface area contributed by atoms with Gasteiger partial charge in [0.2, 0.25) is 0 Å². The third-order valence-corrected chi connectivity index (χ3v) is 4.29. The predicted molar refractivity (Wildman–Crippen MR) is 93.8 cm³/mol. The minimum absolute atomic E-state index is 0. The molecule has 0 aliphatic carbocycles. The highest BCUT2D eigenvalue weighted by Crippen LogP contribution is 2.27. The Bertz CT molecular complexity index is 589. The summed E-state index contributed by atoms with van der Waals surface area (Å²) < 4.78 is 7.01. The predicted octanol–water partition coefficient (Wildman–Crippen LogP) is 1.88. The van der Waals surface area contributed by atoms with Crippen LogP contribution < -0.4 is 5.73 Å². The summed E-state index contributed by atoms with van der Waals surface area (Å²) in [6, 6.07) is 10.8. The topological polar surface area (TPSA) is 56.3 Å². The van der Waals surface area contributed by atoms with Crippen molar-refractivity contribution in [3.8, 4) is 0 Å². The van der Waals surface area contributed by atoms with Crippen LogP contribution in [0.25, 0.3) is 0 Å². The number of rotatable bonds is 6. The zero-order chi connectivity index (χ0) is 15.4. The van der Waals surface area contributed by atoms with Crippen LogP contribution in [0.5, 0.6) is 0 Å². The lowest BCUT2D eigenvalue weighted by atomic mass is 9.95. The number of likely N-dealkylation sites (tertiary alicyclic amines) is 1. The maximum absolute atomic E-state index is 6.35. The molecular formula is C17H25ClN4O. The molecule has 0 spiro atoms. The van der Waals surface area contributed by atoms with Crippen LogP contribution in [0, 0.1) is 0 Å². The summed E-state index contributed by atoms with van der Waals surface area (Å²) in [6.07, 6.45) is 4.04. The van der Waals surface area contributed by atoms with Crippen molar-refractivity contribution in [1.29, 1.82) is 0 Å². The standard InChI is InChI=1S/C17H24N4O.ClH/c1-22-8-7-21-11-14(9-19-21)10-20-12-16(17(18)13-20)15-5-3-2-4-6-15;/h2-6,9,11,16-17H,7-8,10,12-13,18H2,1H3;1H/t16-,17+;/m0./s1. The Morgan fingerprint density at radius 2 is 2.04 bits per heavy atom. The molecule has 6 heteroatoms. The second-order valence-corrected chi connectivity index (χ2v) is 5.98. The molecule has 1 aromatic carbocycles. The fraction of sp³-hybridized carbons (Fsp3) is 0.471. The van der Waals surface area contributed by atoms with Crippen LogP contribution in [0.2, 0.25) is 0 Å². The molecule has 1 aliphatic heterocycles. The molecule has 3 rings (SSSR count). The molecule has 23 heavy (non-hydrogen) atoms. The molecular weight excluding hydrogens is 312 g/mol. The molecule has 1 aliphatic rings. The molecule has 2 heterocycles. The van der Waals surface area contributed by atoms with E-state index < -0.39 is 0 Å². The van der Waals surface area contributed by atoms with Gasteiger partial charge in [0.15, 0.2) is 0 Å². The Balaban J connectivity index is 0.00000192. The van der Waals surface area contributed by atoms with Crippen LogP contribution in [0.4, 0.5) is 0 Å². The number of ether oxygens (including phenoxy) is 1. The average molecular weight is 337 g/mol. The second kappa shape index (κ2) is 8.45. The van der Waals surface area contributed by atoms with E-state index in [-0.39, 0.29) is 18.4 Å². The molecule has 0 amide bonds. The minimum atomic E-state index is 0. The fourth-order valence-corrected chi connectivity index (χ4v) is 3.15. The SMILES string of the molecule is COCCn1cc(CN2C[C@@H](N)[C@H](c3ccccc3)C2)cn1.Cl. The third kappa shape index (κ3) is 4.54. The first-order chi connectivity index (χ1) is 10.8. The minimum Gasteiger partial charge on any atom is -0.383 e. The van der Waals surface area contributed by atoms with Gasteiger partial charge < -0.3 is 10.5 Å². The first-order valence-corrected chi connectivity index (χ1v) is 7.79. The third-order valence-electron chi connectivity index (χ3n) is 4.29. The molecule has 1 fully saturated rings. The molecule has 126 valence electrons. The van der Waals surface area contributed by atoms with Crippen molar-refractivity contribution in [3.63, 3.8) is 0 Å². The highest BCUT2D eigenvalue weighted by molar-refractivity contribution is 5.85. The number of benzene rings is 1. The highest BCUT2D eigenvalue weighted by Gasteiger charge is 2.31. The van der Waals surface area contributed by atoms with Crippen LogP contribution in [0.15, 0.2) is 42.7 Å². The van der Waals surface area contributed by atoms with Gasteiger partial charge in [0, 0.05) is 50.5 Å². The average Bonchev–Trinajstić information content (AvgIpc) is 3.13. The quantitative estimate of drug-likeness (QED) is 0.875. The normalized spacial score (nSPS) is 21.3. The molecule has 2 N–H and O–H groups in total. The second-order valence-electron chi connectivity index (χ2n) is 5.98. The molecule has 2 atom stereocenters. The zero-order valence-electron chi connectivity index (χ0n) is 13.5. The Morgan fingerprint density at radius 3 is 2.78 bits per heavy atom. The molecule has 5 nitrogen and oxygen atoms in total. The molecule has 1 saturated heterocycles. The highest BCUT2D eigenvalue weighted by atomic mass is 35.5. The van der Waals surface area contributed by atoms with Crippen LogP contribution in [-0.4, -0.2) is 47.5 Å². The van der Waals surface area contributed by atoms with E-state index in [1.165, 1.54) is 11.1 Å². The van der Waals surface area contributed by atoms with E-state index in [0.717, 1.165) is 26.2 Å². The summed E-state index contributed by atoms with van der Waals surface area (Å²) in [5.74, 6) is 0.421. The number of halogens is 1. The fourth-order valence-electron chi connectivity index (χ4n) is 3.15. The smallest absolute Gasteiger partial charge is 0.0658 e. The van der Waals surface area contributed by atoms with Crippen molar-refractivity contribution in [2.45, 2.75) is 25.0 Å². The van der Waals surface area contributed by atoms with Gasteiger partial charge in [-0.1, -0.05) is 30.3 Å². The lowest BCUT2D eigenvalue weighted by molar-refractivity contribution is 0.183. The Kier molecular flexibility index (Phi) is 6.59. The Labute approximate surface area is 143 Å². The van der Waals surface area contributed by atoms with Gasteiger partial charge >= 0.3 is 0 Å². The van der Waals surface area contributed by atoms with Gasteiger partial charge in [0.25, 0.3) is 0 Å². The van der Waals surface area contributed by atoms with Crippen molar-refractivity contribution in [3.05, 3.63) is 53.9 Å². The van der Waals surface area contributed by atoms with Crippen molar-refractivity contribution >= 4 is 12.4 Å². The van der Waals surface area contributed by atoms with Crippen molar-refractivity contribution in [2.75, 3.05) is 26.8 Å². The summed E-state index contributed by atoms with van der Waals surface area (Å²) in [5.41, 5.74) is 8.92. The molecule has 1 aromatic heterocycles. The van der Waals surface area contributed by atoms with Gasteiger partial charge in [0.05, 0.1) is 19.3 Å². The number of nitrogens with zero attached hydrogens (tertiary/aromatic N) is 3. The summed E-state index contributed by atoms with van der Waals surface area (Å²) >= 11 is 0. The van der Waals surface area contributed by atoms with Gasteiger partial charge in [-0.25, -0.2) is 0 Å². The summed E-state index contributed by atoms with van der Waals surface area (Å²) in [4.78, 5) is 2.42. The number of hydrogen-bond acceptors (Lipinski definition) is 4. The van der Waals surface area contributed by atoms with Crippen LogP contribution in [0.3, 0.4) is 0 Å². The molecule has 0 radical (unpaired) electrons. The Hall–Kier alpha value is -1.40. The van der Waals surface area contributed by atoms with Gasteiger partial charge in [0.1, 0.15) is 0 Å². The first-order valence-electron chi connectivity index (χ1n) is 7.79. The van der Waals surface area contributed by atoms with Crippen LogP contribution in [-0.2, 0) is 17.8 Å². The maximum Gasteiger partial charge on any atom is 0.0658 e. The number of hydrogen-bond donors (Lipinski definition) is 1. The van der Waals surface area contributed by atoms with Gasteiger partial charge in [-0.05, 0) is 5.56 Å². The largest absolute Gasteiger partial charge is 0.383 e. The van der Waals surface area contributed by atoms with Gasteiger partial charge in [-0.3, -0.25) is 9.58 Å². The molecule has 0 bridgehead atoms. The summed E-state index contributed by atoms with van der Waals surface area (Å²) in [6.45, 7) is 4.33. The van der Waals surface area contributed by atoms with Crippen LogP contribution in [0.1, 0.15) is 17.0 Å². The molecule has 2 aromatic rings. The number of methoxy groups -OCH3 is 1. The molecule has 0 unspecified atom stereocenters. The van der Waals surface area contributed by atoms with E-state index in [2.05, 4.69) is 46.5 Å². The number of nitrogens with two attached hydrogens (primary N) is 1. The lowest BCUT2D eigenvalue weighted by Gasteiger charge is -2.15. The van der Waals surface area contributed by atoms with E-state index in [1.54, 1.807) is 7.11 Å². The summed E-state index contributed by atoms with van der Waals surface area (Å²) in [7, 11) is 1.71. The van der Waals surface area contributed by atoms with Crippen molar-refractivity contribution in [1.82, 2.24) is 14.7 Å². The van der Waals surface area contributed by atoms with E-state index in [9.17, 15) is 0 Å². The number of aromatic nitrogens is 2. The lowest BCUT2D eigenvalue weighted by Crippen LogP contribution is -2.28. The Morgan fingerprint density at radius 1 is 1.26 bits per heavy atom. The monoisotopic (exact) mass is 336 g/mol. The van der Waals surface area contributed by atoms with Crippen LogP contribution >= 0.6 is 12.4 Å².